The van der Waals surface area contributed by atoms with Crippen molar-refractivity contribution < 1.29 is 19.2 Å². The van der Waals surface area contributed by atoms with Crippen LogP contribution < -0.4 is 14.8 Å². The second kappa shape index (κ2) is 6.80. The van der Waals surface area contributed by atoms with Crippen LogP contribution in [-0.4, -0.2) is 25.1 Å². The second-order valence-electron chi connectivity index (χ2n) is 5.74. The maximum absolute atomic E-state index is 12.7. The number of aryl methyl sites for hydroxylation is 1. The highest BCUT2D eigenvalue weighted by atomic mass is 16.6. The summed E-state index contributed by atoms with van der Waals surface area (Å²) in [6.45, 7) is 0. The minimum absolute atomic E-state index is 0.0490. The molecule has 1 unspecified atom stereocenters. The molecule has 130 valence electrons. The number of hydrogen-bond donors (Lipinski definition) is 1. The molecule has 0 saturated carbocycles. The normalized spacial score (nSPS) is 15.4. The molecule has 0 aliphatic heterocycles. The molecule has 0 aromatic heterocycles. The lowest BCUT2D eigenvalue weighted by molar-refractivity contribution is -0.385. The highest BCUT2D eigenvalue weighted by Crippen LogP contribution is 2.36. The Hall–Kier alpha value is -3.09. The van der Waals surface area contributed by atoms with Gasteiger partial charge in [0.1, 0.15) is 5.56 Å². The molecule has 1 atom stereocenters. The van der Waals surface area contributed by atoms with Gasteiger partial charge in [-0.1, -0.05) is 24.3 Å². The number of nitrogens with one attached hydrogen (secondary N) is 1. The fourth-order valence-corrected chi connectivity index (χ4v) is 3.14. The highest BCUT2D eigenvalue weighted by molar-refractivity contribution is 5.99. The van der Waals surface area contributed by atoms with Crippen molar-refractivity contribution in [1.82, 2.24) is 5.32 Å². The van der Waals surface area contributed by atoms with E-state index in [4.69, 9.17) is 9.47 Å². The van der Waals surface area contributed by atoms with Gasteiger partial charge in [0.2, 0.25) is 0 Å². The summed E-state index contributed by atoms with van der Waals surface area (Å²) in [6, 6.07) is 10.3. The summed E-state index contributed by atoms with van der Waals surface area (Å²) >= 11 is 0. The SMILES string of the molecule is COc1cc(C(=O)NC2CCc3ccccc32)c([N+](=O)[O-])cc1OC. The number of ether oxygens (including phenoxy) is 2. The van der Waals surface area contributed by atoms with Gasteiger partial charge in [0.05, 0.1) is 31.3 Å². The summed E-state index contributed by atoms with van der Waals surface area (Å²) in [5, 5.41) is 14.3. The van der Waals surface area contributed by atoms with Gasteiger partial charge in [-0.3, -0.25) is 14.9 Å². The molecule has 2 aromatic carbocycles. The van der Waals surface area contributed by atoms with Crippen LogP contribution in [0.5, 0.6) is 11.5 Å². The van der Waals surface area contributed by atoms with Gasteiger partial charge in [0, 0.05) is 6.07 Å². The number of benzene rings is 2. The molecule has 1 N–H and O–H groups in total. The predicted octanol–water partition coefficient (Wildman–Crippen LogP) is 3.03. The Bertz CT molecular complexity index is 834. The third-order valence-electron chi connectivity index (χ3n) is 4.38. The Morgan fingerprint density at radius 2 is 1.88 bits per heavy atom. The van der Waals surface area contributed by atoms with Gasteiger partial charge >= 0.3 is 0 Å². The molecular weight excluding hydrogens is 324 g/mol. The number of carbonyl (C=O) groups is 1. The smallest absolute Gasteiger partial charge is 0.286 e. The fourth-order valence-electron chi connectivity index (χ4n) is 3.14. The van der Waals surface area contributed by atoms with E-state index in [0.717, 1.165) is 18.4 Å². The van der Waals surface area contributed by atoms with E-state index >= 15 is 0 Å². The zero-order valence-corrected chi connectivity index (χ0v) is 13.9. The largest absolute Gasteiger partial charge is 0.493 e. The number of carbonyl (C=O) groups excluding carboxylic acids is 1. The first-order chi connectivity index (χ1) is 12.0. The summed E-state index contributed by atoms with van der Waals surface area (Å²) in [5.74, 6) is -0.0311. The Balaban J connectivity index is 1.93. The number of fused-ring (bicyclic) bond motifs is 1. The molecule has 0 bridgehead atoms. The van der Waals surface area contributed by atoms with Gasteiger partial charge in [0.15, 0.2) is 11.5 Å². The minimum atomic E-state index is -0.598. The third kappa shape index (κ3) is 3.13. The molecule has 7 nitrogen and oxygen atoms in total. The van der Waals surface area contributed by atoms with Crippen LogP contribution in [0.3, 0.4) is 0 Å². The van der Waals surface area contributed by atoms with Gasteiger partial charge < -0.3 is 14.8 Å². The van der Waals surface area contributed by atoms with E-state index in [1.807, 2.05) is 24.3 Å². The van der Waals surface area contributed by atoms with Crippen LogP contribution in [0, 0.1) is 10.1 Å². The molecule has 7 heteroatoms. The summed E-state index contributed by atoms with van der Waals surface area (Å²) in [5.41, 5.74) is 1.88. The summed E-state index contributed by atoms with van der Waals surface area (Å²) in [7, 11) is 2.80. The molecular formula is C18H18N2O5. The highest BCUT2D eigenvalue weighted by Gasteiger charge is 2.28. The minimum Gasteiger partial charge on any atom is -0.493 e. The lowest BCUT2D eigenvalue weighted by Crippen LogP contribution is -2.27. The molecule has 1 aliphatic carbocycles. The van der Waals surface area contributed by atoms with Crippen LogP contribution in [0.1, 0.15) is 33.9 Å². The maximum Gasteiger partial charge on any atom is 0.286 e. The van der Waals surface area contributed by atoms with Crippen molar-refractivity contribution >= 4 is 11.6 Å². The van der Waals surface area contributed by atoms with Gasteiger partial charge in [-0.2, -0.15) is 0 Å². The van der Waals surface area contributed by atoms with E-state index in [0.29, 0.717) is 0 Å². The molecule has 0 saturated heterocycles. The number of hydrogen-bond acceptors (Lipinski definition) is 5. The summed E-state index contributed by atoms with van der Waals surface area (Å²) < 4.78 is 10.2. The van der Waals surface area contributed by atoms with Crippen molar-refractivity contribution in [3.63, 3.8) is 0 Å². The predicted molar refractivity (Wildman–Crippen MR) is 91.2 cm³/mol. The van der Waals surface area contributed by atoms with E-state index in [2.05, 4.69) is 5.32 Å². The number of methoxy groups -OCH3 is 2. The monoisotopic (exact) mass is 342 g/mol. The Morgan fingerprint density at radius 3 is 2.56 bits per heavy atom. The van der Waals surface area contributed by atoms with Crippen molar-refractivity contribution in [2.75, 3.05) is 14.2 Å². The molecule has 1 aliphatic rings. The van der Waals surface area contributed by atoms with Crippen molar-refractivity contribution in [1.29, 1.82) is 0 Å². The van der Waals surface area contributed by atoms with Gasteiger partial charge in [-0.15, -0.1) is 0 Å². The topological polar surface area (TPSA) is 90.7 Å². The van der Waals surface area contributed by atoms with Crippen LogP contribution in [0.4, 0.5) is 5.69 Å². The number of amides is 1. The van der Waals surface area contributed by atoms with Gasteiger partial charge in [-0.05, 0) is 24.0 Å². The van der Waals surface area contributed by atoms with Crippen LogP contribution >= 0.6 is 0 Å². The molecule has 0 radical (unpaired) electrons. The van der Waals surface area contributed by atoms with Crippen molar-refractivity contribution in [2.24, 2.45) is 0 Å². The maximum atomic E-state index is 12.7. The van der Waals surface area contributed by atoms with E-state index < -0.39 is 10.8 Å². The first kappa shape index (κ1) is 16.8. The van der Waals surface area contributed by atoms with Crippen molar-refractivity contribution in [3.8, 4) is 11.5 Å². The number of nitro benzene ring substituents is 1. The first-order valence-corrected chi connectivity index (χ1v) is 7.84. The average Bonchev–Trinajstić information content (AvgIpc) is 3.03. The standard InChI is InChI=1S/C18H18N2O5/c1-24-16-9-13(15(20(22)23)10-17(16)25-2)18(21)19-14-8-7-11-5-3-4-6-12(11)14/h3-6,9-10,14H,7-8H2,1-2H3,(H,19,21). The second-order valence-corrected chi connectivity index (χ2v) is 5.74. The van der Waals surface area contributed by atoms with Crippen molar-refractivity contribution in [2.45, 2.75) is 18.9 Å². The molecule has 1 amide bonds. The number of nitro groups is 1. The molecule has 0 spiro atoms. The summed E-state index contributed by atoms with van der Waals surface area (Å²) in [4.78, 5) is 23.5. The Kier molecular flexibility index (Phi) is 4.56. The Morgan fingerprint density at radius 1 is 1.20 bits per heavy atom. The van der Waals surface area contributed by atoms with Crippen LogP contribution in [0.2, 0.25) is 0 Å². The summed E-state index contributed by atoms with van der Waals surface area (Å²) in [6.07, 6.45) is 1.64. The first-order valence-electron chi connectivity index (χ1n) is 7.84. The van der Waals surface area contributed by atoms with Gasteiger partial charge in [0.25, 0.3) is 11.6 Å². The van der Waals surface area contributed by atoms with E-state index in [1.54, 1.807) is 0 Å². The Labute approximate surface area is 144 Å². The molecule has 3 rings (SSSR count). The lowest BCUT2D eigenvalue weighted by Gasteiger charge is -2.15. The lowest BCUT2D eigenvalue weighted by atomic mass is 10.1. The number of rotatable bonds is 5. The third-order valence-corrected chi connectivity index (χ3v) is 4.38. The van der Waals surface area contributed by atoms with Crippen molar-refractivity contribution in [3.05, 3.63) is 63.2 Å². The quantitative estimate of drug-likeness (QED) is 0.666. The van der Waals surface area contributed by atoms with Crippen LogP contribution in [-0.2, 0) is 6.42 Å². The van der Waals surface area contributed by atoms with Crippen LogP contribution in [0.15, 0.2) is 36.4 Å². The molecule has 2 aromatic rings. The fraction of sp³-hybridized carbons (Fsp3) is 0.278. The van der Waals surface area contributed by atoms with Crippen LogP contribution in [0.25, 0.3) is 0 Å². The molecule has 25 heavy (non-hydrogen) atoms. The number of nitrogens with zero attached hydrogens (tertiary/aromatic N) is 1. The van der Waals surface area contributed by atoms with E-state index in [1.165, 1.54) is 31.9 Å². The molecule has 0 heterocycles. The van der Waals surface area contributed by atoms with E-state index in [-0.39, 0.29) is 28.8 Å². The average molecular weight is 342 g/mol. The molecule has 0 fully saturated rings. The van der Waals surface area contributed by atoms with E-state index in [9.17, 15) is 14.9 Å². The zero-order chi connectivity index (χ0) is 18.0. The van der Waals surface area contributed by atoms with Gasteiger partial charge in [-0.25, -0.2) is 0 Å². The zero-order valence-electron chi connectivity index (χ0n) is 13.9.